The van der Waals surface area contributed by atoms with E-state index in [2.05, 4.69) is 15.6 Å². The Hall–Kier alpha value is -4.09. The Morgan fingerprint density at radius 1 is 1.06 bits per heavy atom. The van der Waals surface area contributed by atoms with Gasteiger partial charge in [-0.25, -0.2) is 13.2 Å². The van der Waals surface area contributed by atoms with E-state index in [1.807, 2.05) is 0 Å². The number of nitrogens with zero attached hydrogens (tertiary/aromatic N) is 3. The minimum atomic E-state index is -1.65. The summed E-state index contributed by atoms with van der Waals surface area (Å²) >= 11 is 0. The zero-order valence-corrected chi connectivity index (χ0v) is 17.4. The van der Waals surface area contributed by atoms with Crippen LogP contribution in [-0.2, 0) is 9.59 Å². The topological polar surface area (TPSA) is 121 Å². The molecule has 174 valence electrons. The van der Waals surface area contributed by atoms with Crippen molar-refractivity contribution in [1.29, 1.82) is 0 Å². The third-order valence-corrected chi connectivity index (χ3v) is 4.87. The van der Waals surface area contributed by atoms with Crippen molar-refractivity contribution in [2.45, 2.75) is 0 Å². The summed E-state index contributed by atoms with van der Waals surface area (Å²) < 4.78 is 39.9. The van der Waals surface area contributed by atoms with Crippen LogP contribution in [-0.4, -0.2) is 65.2 Å². The summed E-state index contributed by atoms with van der Waals surface area (Å²) in [6, 6.07) is 4.70. The molecule has 0 unspecified atom stereocenters. The van der Waals surface area contributed by atoms with Crippen LogP contribution in [0.2, 0.25) is 0 Å². The number of hydrogen-bond acceptors (Lipinski definition) is 6. The average molecular weight is 462 g/mol. The maximum atomic E-state index is 13.4. The van der Waals surface area contributed by atoms with Gasteiger partial charge in [-0.3, -0.25) is 19.4 Å². The largest absolute Gasteiger partial charge is 0.393 e. The first-order valence-electron chi connectivity index (χ1n) is 9.88. The molecule has 0 spiro atoms. The lowest BCUT2D eigenvalue weighted by Gasteiger charge is -2.34. The molecule has 0 bridgehead atoms. The number of halogens is 3. The molecule has 9 nitrogen and oxygen atoms in total. The lowest BCUT2D eigenvalue weighted by Crippen LogP contribution is -2.52. The highest BCUT2D eigenvalue weighted by Gasteiger charge is 2.26. The molecular formula is C21H21F3N6O3. The first kappa shape index (κ1) is 23.6. The molecule has 33 heavy (non-hydrogen) atoms. The van der Waals surface area contributed by atoms with Crippen molar-refractivity contribution < 1.29 is 27.6 Å². The molecule has 1 fully saturated rings. The molecule has 2 heterocycles. The van der Waals surface area contributed by atoms with E-state index in [4.69, 9.17) is 5.73 Å². The van der Waals surface area contributed by atoms with Crippen molar-refractivity contribution in [2.75, 3.05) is 38.0 Å². The van der Waals surface area contributed by atoms with E-state index in [0.717, 1.165) is 0 Å². The number of nitrogens with one attached hydrogen (secondary N) is 2. The Morgan fingerprint density at radius 3 is 2.30 bits per heavy atom. The minimum absolute atomic E-state index is 0.107. The standard InChI is InChI=1S/C21H21F3N6O3/c22-15-8-13(9-16(23)19(15)24)21(33)30-6-4-29(5-7-30)18(31)12-28-20(32)17(25)11-27-14-2-1-3-26-10-14/h1-3,8-11,27H,4-7,12,25H2,(H,28,32)/b17-11-. The van der Waals surface area contributed by atoms with Gasteiger partial charge < -0.3 is 26.2 Å². The Labute approximate surface area is 187 Å². The van der Waals surface area contributed by atoms with Gasteiger partial charge in [0.25, 0.3) is 11.8 Å². The molecule has 0 radical (unpaired) electrons. The monoisotopic (exact) mass is 462 g/mol. The van der Waals surface area contributed by atoms with Gasteiger partial charge in [0.15, 0.2) is 17.5 Å². The molecule has 1 aliphatic rings. The number of rotatable bonds is 6. The molecule has 1 saturated heterocycles. The summed E-state index contributed by atoms with van der Waals surface area (Å²) in [4.78, 5) is 43.5. The summed E-state index contributed by atoms with van der Waals surface area (Å²) in [5.41, 5.74) is 5.86. The summed E-state index contributed by atoms with van der Waals surface area (Å²) in [5, 5.41) is 5.22. The molecule has 0 saturated carbocycles. The van der Waals surface area contributed by atoms with Crippen LogP contribution in [0.3, 0.4) is 0 Å². The SMILES string of the molecule is N/C(=C\Nc1cccnc1)C(=O)NCC(=O)N1CCN(C(=O)c2cc(F)c(F)c(F)c2)CC1. The minimum Gasteiger partial charge on any atom is -0.393 e. The lowest BCUT2D eigenvalue weighted by atomic mass is 10.1. The lowest BCUT2D eigenvalue weighted by molar-refractivity contribution is -0.133. The smallest absolute Gasteiger partial charge is 0.269 e. The highest BCUT2D eigenvalue weighted by molar-refractivity contribution is 5.96. The van der Waals surface area contributed by atoms with E-state index in [1.165, 1.54) is 16.0 Å². The molecule has 1 aromatic carbocycles. The number of hydrogen-bond donors (Lipinski definition) is 3. The van der Waals surface area contributed by atoms with Gasteiger partial charge in [0.1, 0.15) is 5.70 Å². The van der Waals surface area contributed by atoms with E-state index < -0.39 is 29.3 Å². The summed E-state index contributed by atoms with van der Waals surface area (Å²) in [6.45, 7) is 0.218. The number of amides is 3. The van der Waals surface area contributed by atoms with Crippen molar-refractivity contribution in [3.63, 3.8) is 0 Å². The molecule has 1 aliphatic heterocycles. The fraction of sp³-hybridized carbons (Fsp3) is 0.238. The number of benzene rings is 1. The molecule has 4 N–H and O–H groups in total. The van der Waals surface area contributed by atoms with Gasteiger partial charge in [0.2, 0.25) is 5.91 Å². The summed E-state index contributed by atoms with van der Waals surface area (Å²) in [7, 11) is 0. The quantitative estimate of drug-likeness (QED) is 0.432. The predicted molar refractivity (Wildman–Crippen MR) is 112 cm³/mol. The Kier molecular flexibility index (Phi) is 7.49. The van der Waals surface area contributed by atoms with Crippen LogP contribution in [0, 0.1) is 17.5 Å². The van der Waals surface area contributed by atoms with Gasteiger partial charge in [0, 0.05) is 44.1 Å². The second-order valence-electron chi connectivity index (χ2n) is 7.10. The van der Waals surface area contributed by atoms with Gasteiger partial charge in [0.05, 0.1) is 18.4 Å². The van der Waals surface area contributed by atoms with E-state index >= 15 is 0 Å². The molecule has 0 aliphatic carbocycles. The number of piperazine rings is 1. The average Bonchev–Trinajstić information content (AvgIpc) is 2.84. The van der Waals surface area contributed by atoms with Crippen molar-refractivity contribution in [3.05, 3.63) is 71.6 Å². The van der Waals surface area contributed by atoms with Gasteiger partial charge in [-0.05, 0) is 24.3 Å². The van der Waals surface area contributed by atoms with E-state index in [1.54, 1.807) is 24.5 Å². The van der Waals surface area contributed by atoms with Crippen LogP contribution in [0.15, 0.2) is 48.6 Å². The van der Waals surface area contributed by atoms with Crippen LogP contribution >= 0.6 is 0 Å². The maximum absolute atomic E-state index is 13.4. The second kappa shape index (κ2) is 10.5. The zero-order chi connectivity index (χ0) is 24.0. The highest BCUT2D eigenvalue weighted by atomic mass is 19.2. The summed E-state index contributed by atoms with van der Waals surface area (Å²) in [5.74, 6) is -6.26. The Morgan fingerprint density at radius 2 is 1.70 bits per heavy atom. The number of carbonyl (C=O) groups excluding carboxylic acids is 3. The van der Waals surface area contributed by atoms with Crippen LogP contribution in [0.5, 0.6) is 0 Å². The highest BCUT2D eigenvalue weighted by Crippen LogP contribution is 2.16. The van der Waals surface area contributed by atoms with Crippen molar-refractivity contribution in [3.8, 4) is 0 Å². The molecule has 3 rings (SSSR count). The van der Waals surface area contributed by atoms with Gasteiger partial charge >= 0.3 is 0 Å². The number of aromatic nitrogens is 1. The zero-order valence-electron chi connectivity index (χ0n) is 17.4. The first-order chi connectivity index (χ1) is 15.8. The number of pyridine rings is 1. The van der Waals surface area contributed by atoms with Crippen LogP contribution in [0.4, 0.5) is 18.9 Å². The van der Waals surface area contributed by atoms with Crippen molar-refractivity contribution in [2.24, 2.45) is 5.73 Å². The molecule has 3 amide bonds. The fourth-order valence-corrected chi connectivity index (χ4v) is 3.07. The fourth-order valence-electron chi connectivity index (χ4n) is 3.07. The van der Waals surface area contributed by atoms with Crippen LogP contribution in [0.1, 0.15) is 10.4 Å². The molecular weight excluding hydrogens is 441 g/mol. The molecule has 1 aromatic heterocycles. The van der Waals surface area contributed by atoms with E-state index in [-0.39, 0.29) is 49.9 Å². The predicted octanol–water partition coefficient (Wildman–Crippen LogP) is 0.812. The second-order valence-corrected chi connectivity index (χ2v) is 7.10. The molecule has 0 atom stereocenters. The number of carbonyl (C=O) groups is 3. The number of nitrogens with two attached hydrogens (primary N) is 1. The Balaban J connectivity index is 1.46. The third kappa shape index (κ3) is 5.99. The van der Waals surface area contributed by atoms with Gasteiger partial charge in [-0.2, -0.15) is 0 Å². The Bertz CT molecular complexity index is 1050. The number of anilines is 1. The van der Waals surface area contributed by atoms with Crippen molar-refractivity contribution in [1.82, 2.24) is 20.1 Å². The van der Waals surface area contributed by atoms with E-state index in [0.29, 0.717) is 17.8 Å². The third-order valence-electron chi connectivity index (χ3n) is 4.87. The van der Waals surface area contributed by atoms with Crippen LogP contribution in [0.25, 0.3) is 0 Å². The first-order valence-corrected chi connectivity index (χ1v) is 9.88. The van der Waals surface area contributed by atoms with Crippen LogP contribution < -0.4 is 16.4 Å². The normalized spacial score (nSPS) is 14.1. The molecule has 12 heteroatoms. The van der Waals surface area contributed by atoms with Gasteiger partial charge in [-0.15, -0.1) is 0 Å². The summed E-state index contributed by atoms with van der Waals surface area (Å²) in [6.07, 6.45) is 4.41. The van der Waals surface area contributed by atoms with Gasteiger partial charge in [-0.1, -0.05) is 0 Å². The molecule has 2 aromatic rings. The van der Waals surface area contributed by atoms with E-state index in [9.17, 15) is 27.6 Å². The van der Waals surface area contributed by atoms with Crippen molar-refractivity contribution >= 4 is 23.4 Å². The maximum Gasteiger partial charge on any atom is 0.269 e.